The SMILES string of the molecule is CNC1=CC(C=N)=C(Nc2ccc(F)cc2)C(COCCO)N1. The number of halogens is 1. The normalized spacial score (nSPS) is 17.3. The molecule has 1 heterocycles. The number of nitrogens with one attached hydrogen (secondary N) is 4. The summed E-state index contributed by atoms with van der Waals surface area (Å²) >= 11 is 0. The second-order valence-electron chi connectivity index (χ2n) is 4.95. The highest BCUT2D eigenvalue weighted by Gasteiger charge is 2.23. The third-order valence-corrected chi connectivity index (χ3v) is 3.36. The van der Waals surface area contributed by atoms with Gasteiger partial charge in [0, 0.05) is 30.2 Å². The molecule has 5 N–H and O–H groups in total. The standard InChI is InChI=1S/C16H21FN4O2/c1-19-15-8-11(9-18)16(14(21-15)10-23-7-6-22)20-13-4-2-12(17)3-5-13/h2-5,8-9,14,18-22H,6-7,10H2,1H3. The number of hydrogen-bond donors (Lipinski definition) is 5. The molecule has 124 valence electrons. The number of benzene rings is 1. The van der Waals surface area contributed by atoms with Crippen LogP contribution in [-0.2, 0) is 4.74 Å². The molecule has 1 aromatic rings. The van der Waals surface area contributed by atoms with Crippen molar-refractivity contribution in [2.45, 2.75) is 6.04 Å². The van der Waals surface area contributed by atoms with Crippen molar-refractivity contribution < 1.29 is 14.2 Å². The Labute approximate surface area is 134 Å². The van der Waals surface area contributed by atoms with Gasteiger partial charge >= 0.3 is 0 Å². The number of ether oxygens (including phenoxy) is 1. The Morgan fingerprint density at radius 3 is 2.74 bits per heavy atom. The van der Waals surface area contributed by atoms with Crippen LogP contribution in [0.25, 0.3) is 0 Å². The van der Waals surface area contributed by atoms with Gasteiger partial charge in [-0.05, 0) is 30.3 Å². The van der Waals surface area contributed by atoms with Crippen LogP contribution in [0, 0.1) is 11.2 Å². The fraction of sp³-hybridized carbons (Fsp3) is 0.312. The molecule has 1 atom stereocenters. The summed E-state index contributed by atoms with van der Waals surface area (Å²) in [5.74, 6) is 0.463. The zero-order chi connectivity index (χ0) is 16.7. The van der Waals surface area contributed by atoms with Crippen LogP contribution in [0.2, 0.25) is 0 Å². The summed E-state index contributed by atoms with van der Waals surface area (Å²) < 4.78 is 18.5. The van der Waals surface area contributed by atoms with E-state index >= 15 is 0 Å². The summed E-state index contributed by atoms with van der Waals surface area (Å²) in [4.78, 5) is 0. The Hall–Kier alpha value is -2.38. The topological polar surface area (TPSA) is 89.4 Å². The van der Waals surface area contributed by atoms with Crippen molar-refractivity contribution in [2.24, 2.45) is 0 Å². The van der Waals surface area contributed by atoms with E-state index in [1.807, 2.05) is 0 Å². The molecule has 0 amide bonds. The number of hydrogen-bond acceptors (Lipinski definition) is 6. The van der Waals surface area contributed by atoms with Crippen LogP contribution >= 0.6 is 0 Å². The Morgan fingerprint density at radius 1 is 1.39 bits per heavy atom. The fourth-order valence-electron chi connectivity index (χ4n) is 2.24. The number of anilines is 1. The summed E-state index contributed by atoms with van der Waals surface area (Å²) in [6.07, 6.45) is 3.06. The van der Waals surface area contributed by atoms with Gasteiger partial charge in [0.1, 0.15) is 5.82 Å². The summed E-state index contributed by atoms with van der Waals surface area (Å²) in [6.45, 7) is 0.504. The van der Waals surface area contributed by atoms with E-state index in [2.05, 4.69) is 16.0 Å². The quantitative estimate of drug-likeness (QED) is 0.367. The number of aliphatic hydroxyl groups is 1. The van der Waals surface area contributed by atoms with Crippen LogP contribution in [0.3, 0.4) is 0 Å². The third kappa shape index (κ3) is 4.54. The third-order valence-electron chi connectivity index (χ3n) is 3.36. The average molecular weight is 320 g/mol. The Morgan fingerprint density at radius 2 is 2.13 bits per heavy atom. The van der Waals surface area contributed by atoms with Crippen LogP contribution in [0.15, 0.2) is 47.4 Å². The lowest BCUT2D eigenvalue weighted by atomic mass is 10.0. The molecule has 0 aromatic heterocycles. The van der Waals surface area contributed by atoms with Gasteiger partial charge in [-0.15, -0.1) is 0 Å². The van der Waals surface area contributed by atoms with Gasteiger partial charge in [-0.25, -0.2) is 4.39 Å². The summed E-state index contributed by atoms with van der Waals surface area (Å²) in [7, 11) is 1.78. The molecule has 7 heteroatoms. The first kappa shape index (κ1) is 17.0. The lowest BCUT2D eigenvalue weighted by molar-refractivity contribution is 0.0834. The maximum absolute atomic E-state index is 13.0. The van der Waals surface area contributed by atoms with Gasteiger partial charge in [0.15, 0.2) is 0 Å². The van der Waals surface area contributed by atoms with Crippen molar-refractivity contribution in [1.82, 2.24) is 10.6 Å². The Balaban J connectivity index is 2.25. The molecule has 0 spiro atoms. The number of dihydropyridines is 1. The van der Waals surface area contributed by atoms with E-state index in [9.17, 15) is 4.39 Å². The molecule has 0 aliphatic carbocycles. The molecule has 0 saturated heterocycles. The molecule has 1 unspecified atom stereocenters. The lowest BCUT2D eigenvalue weighted by Gasteiger charge is -2.30. The maximum atomic E-state index is 13.0. The predicted molar refractivity (Wildman–Crippen MR) is 87.8 cm³/mol. The molecule has 23 heavy (non-hydrogen) atoms. The summed E-state index contributed by atoms with van der Waals surface area (Å²) in [5, 5.41) is 26.0. The fourth-order valence-corrected chi connectivity index (χ4v) is 2.24. The van der Waals surface area contributed by atoms with Crippen LogP contribution in [-0.4, -0.2) is 44.2 Å². The van der Waals surface area contributed by atoms with Gasteiger partial charge in [-0.2, -0.15) is 0 Å². The predicted octanol–water partition coefficient (Wildman–Crippen LogP) is 1.18. The first-order chi connectivity index (χ1) is 11.2. The van der Waals surface area contributed by atoms with E-state index in [0.29, 0.717) is 12.2 Å². The van der Waals surface area contributed by atoms with Crippen molar-refractivity contribution in [3.05, 3.63) is 53.2 Å². The van der Waals surface area contributed by atoms with Crippen molar-refractivity contribution in [1.29, 1.82) is 5.41 Å². The first-order valence-corrected chi connectivity index (χ1v) is 7.29. The molecular formula is C16H21FN4O2. The average Bonchev–Trinajstić information content (AvgIpc) is 2.58. The minimum atomic E-state index is -0.307. The van der Waals surface area contributed by atoms with E-state index in [-0.39, 0.29) is 25.1 Å². The van der Waals surface area contributed by atoms with Gasteiger partial charge in [-0.3, -0.25) is 0 Å². The van der Waals surface area contributed by atoms with Crippen molar-refractivity contribution >= 4 is 11.9 Å². The van der Waals surface area contributed by atoms with Crippen LogP contribution in [0.4, 0.5) is 10.1 Å². The highest BCUT2D eigenvalue weighted by molar-refractivity contribution is 5.83. The number of rotatable bonds is 8. The zero-order valence-electron chi connectivity index (χ0n) is 12.9. The molecule has 1 aromatic carbocycles. The molecule has 0 saturated carbocycles. The minimum Gasteiger partial charge on any atom is -0.394 e. The second kappa shape index (κ2) is 8.30. The van der Waals surface area contributed by atoms with Gasteiger partial charge in [0.05, 0.1) is 31.7 Å². The van der Waals surface area contributed by atoms with Crippen molar-refractivity contribution in [3.8, 4) is 0 Å². The van der Waals surface area contributed by atoms with Crippen LogP contribution in [0.1, 0.15) is 0 Å². The van der Waals surface area contributed by atoms with E-state index in [1.54, 1.807) is 25.3 Å². The van der Waals surface area contributed by atoms with Crippen LogP contribution in [0.5, 0.6) is 0 Å². The van der Waals surface area contributed by atoms with Gasteiger partial charge in [-0.1, -0.05) is 0 Å². The molecule has 0 radical (unpaired) electrons. The van der Waals surface area contributed by atoms with Gasteiger partial charge < -0.3 is 31.2 Å². The molecule has 1 aliphatic heterocycles. The molecule has 2 rings (SSSR count). The maximum Gasteiger partial charge on any atom is 0.123 e. The smallest absolute Gasteiger partial charge is 0.123 e. The molecule has 6 nitrogen and oxygen atoms in total. The largest absolute Gasteiger partial charge is 0.394 e. The van der Waals surface area contributed by atoms with Gasteiger partial charge in [0.25, 0.3) is 0 Å². The zero-order valence-corrected chi connectivity index (χ0v) is 12.9. The minimum absolute atomic E-state index is 0.0523. The van der Waals surface area contributed by atoms with Crippen LogP contribution < -0.4 is 16.0 Å². The first-order valence-electron chi connectivity index (χ1n) is 7.29. The summed E-state index contributed by atoms with van der Waals surface area (Å²) in [5.41, 5.74) is 2.16. The Kier molecular flexibility index (Phi) is 6.13. The van der Waals surface area contributed by atoms with E-state index in [0.717, 1.165) is 17.2 Å². The van der Waals surface area contributed by atoms with Crippen molar-refractivity contribution in [2.75, 3.05) is 32.2 Å². The Bertz CT molecular complexity index is 599. The highest BCUT2D eigenvalue weighted by atomic mass is 19.1. The van der Waals surface area contributed by atoms with Crippen molar-refractivity contribution in [3.63, 3.8) is 0 Å². The van der Waals surface area contributed by atoms with E-state index in [1.165, 1.54) is 18.3 Å². The molecule has 0 bridgehead atoms. The molecule has 0 fully saturated rings. The number of allylic oxidation sites excluding steroid dienone is 2. The van der Waals surface area contributed by atoms with E-state index in [4.69, 9.17) is 15.3 Å². The molecule has 1 aliphatic rings. The lowest BCUT2D eigenvalue weighted by Crippen LogP contribution is -2.43. The molecular weight excluding hydrogens is 299 g/mol. The highest BCUT2D eigenvalue weighted by Crippen LogP contribution is 2.20. The second-order valence-corrected chi connectivity index (χ2v) is 4.95. The number of aliphatic hydroxyl groups excluding tert-OH is 1. The van der Waals surface area contributed by atoms with Gasteiger partial charge in [0.2, 0.25) is 0 Å². The summed E-state index contributed by atoms with van der Waals surface area (Å²) in [6, 6.07) is 5.78. The van der Waals surface area contributed by atoms with E-state index < -0.39 is 0 Å². The monoisotopic (exact) mass is 320 g/mol.